The van der Waals surface area contributed by atoms with E-state index in [1.807, 2.05) is 0 Å². The van der Waals surface area contributed by atoms with Crippen LogP contribution in [0.15, 0.2) is 48.5 Å². The summed E-state index contributed by atoms with van der Waals surface area (Å²) in [6.45, 7) is 13.8. The zero-order chi connectivity index (χ0) is 17.9. The van der Waals surface area contributed by atoms with E-state index < -0.39 is 8.07 Å². The first-order valence-electron chi connectivity index (χ1n) is 9.12. The van der Waals surface area contributed by atoms with E-state index in [1.54, 1.807) is 10.4 Å². The van der Waals surface area contributed by atoms with Gasteiger partial charge in [0.2, 0.25) is 0 Å². The largest absolute Gasteiger partial charge is 4.00 e. The van der Waals surface area contributed by atoms with Gasteiger partial charge in [-0.1, -0.05) is 35.3 Å². The van der Waals surface area contributed by atoms with E-state index in [4.69, 9.17) is 0 Å². The Balaban J connectivity index is 0.00000131. The monoisotopic (exact) mass is 502 g/mol. The summed E-state index contributed by atoms with van der Waals surface area (Å²) in [7, 11) is -1.73. The third kappa shape index (κ3) is 4.12. The van der Waals surface area contributed by atoms with Crippen molar-refractivity contribution in [1.82, 2.24) is 0 Å². The minimum Gasteiger partial charge on any atom is -1.00 e. The molecule has 0 aliphatic rings. The maximum absolute atomic E-state index is 2.49. The van der Waals surface area contributed by atoms with E-state index >= 15 is 0 Å². The van der Waals surface area contributed by atoms with E-state index in [9.17, 15) is 0 Å². The van der Waals surface area contributed by atoms with Gasteiger partial charge in [0.05, 0.1) is 0 Å². The number of aryl methyl sites for hydroxylation is 4. The Morgan fingerprint density at radius 2 is 1.29 bits per heavy atom. The van der Waals surface area contributed by atoms with E-state index in [1.165, 1.54) is 43.8 Å². The molecule has 0 amide bonds. The SMILES string of the molecule is Cc1cc2cc([Si](C)(C)[c-]3ccc4cc(C)c(C)cc43)[cH-]c2cc1C.[Cl-].[Cl-].[Zr+4]. The second-order valence-corrected chi connectivity index (χ2v) is 12.6. The minimum atomic E-state index is -1.73. The fraction of sp³-hybridized carbons (Fsp3) is 0.250. The van der Waals surface area contributed by atoms with Gasteiger partial charge in [-0.2, -0.15) is 28.8 Å². The molecule has 4 aromatic carbocycles. The van der Waals surface area contributed by atoms with Crippen LogP contribution in [0.3, 0.4) is 0 Å². The second kappa shape index (κ2) is 9.00. The minimum absolute atomic E-state index is 0. The first-order chi connectivity index (χ1) is 11.8. The molecule has 0 aliphatic carbocycles. The molecule has 4 heteroatoms. The van der Waals surface area contributed by atoms with Gasteiger partial charge in [0, 0.05) is 8.07 Å². The Kier molecular flexibility index (Phi) is 8.16. The van der Waals surface area contributed by atoms with Gasteiger partial charge in [0.1, 0.15) is 0 Å². The Hall–Kier alpha value is -0.660. The van der Waals surface area contributed by atoms with Crippen molar-refractivity contribution >= 4 is 40.0 Å². The molecule has 28 heavy (non-hydrogen) atoms. The van der Waals surface area contributed by atoms with Gasteiger partial charge in [0.15, 0.2) is 0 Å². The average Bonchev–Trinajstić information content (AvgIpc) is 3.13. The summed E-state index contributed by atoms with van der Waals surface area (Å²) in [5.41, 5.74) is 5.54. The van der Waals surface area contributed by atoms with Crippen molar-refractivity contribution in [3.05, 3.63) is 70.8 Å². The van der Waals surface area contributed by atoms with Gasteiger partial charge in [-0.3, -0.25) is 0 Å². The van der Waals surface area contributed by atoms with E-state index in [0.29, 0.717) is 0 Å². The molecule has 0 saturated carbocycles. The normalized spacial score (nSPS) is 11.1. The molecule has 0 aromatic heterocycles. The maximum Gasteiger partial charge on any atom is 4.00 e. The molecule has 4 aromatic rings. The fourth-order valence-corrected chi connectivity index (χ4v) is 6.76. The Labute approximate surface area is 201 Å². The molecule has 0 aliphatic heterocycles. The van der Waals surface area contributed by atoms with Crippen LogP contribution in [0.5, 0.6) is 0 Å². The second-order valence-electron chi connectivity index (χ2n) is 8.21. The predicted molar refractivity (Wildman–Crippen MR) is 115 cm³/mol. The predicted octanol–water partition coefficient (Wildman–Crippen LogP) is -0.507. The molecular weight excluding hydrogens is 478 g/mol. The van der Waals surface area contributed by atoms with Crippen molar-refractivity contribution in [2.75, 3.05) is 0 Å². The fourth-order valence-electron chi connectivity index (χ4n) is 4.02. The van der Waals surface area contributed by atoms with Crippen LogP contribution in [-0.4, -0.2) is 8.07 Å². The van der Waals surface area contributed by atoms with E-state index in [2.05, 4.69) is 89.3 Å². The number of rotatable bonds is 2. The van der Waals surface area contributed by atoms with Crippen molar-refractivity contribution < 1.29 is 51.0 Å². The Bertz CT molecular complexity index is 1080. The molecular formula is C24H26Cl2SiZr. The zero-order valence-corrected chi connectivity index (χ0v) is 22.3. The van der Waals surface area contributed by atoms with Gasteiger partial charge < -0.3 is 24.8 Å². The number of hydrogen-bond donors (Lipinski definition) is 0. The molecule has 0 fully saturated rings. The van der Waals surface area contributed by atoms with Gasteiger partial charge in [-0.25, -0.2) is 0 Å². The summed E-state index contributed by atoms with van der Waals surface area (Å²) >= 11 is 0. The standard InChI is InChI=1S/C24H26Si.2ClH.Zr/c1-15-9-19-7-8-24(23(19)12-18(15)4)25(5,6)22-13-20-10-16(2)17(3)11-21(20)14-22;;;/h7-14H,1-6H3;2*1H;/q-2;;;+4/p-2. The first-order valence-corrected chi connectivity index (χ1v) is 12.1. The molecule has 144 valence electrons. The molecule has 4 rings (SSSR count). The molecule has 0 unspecified atom stereocenters. The summed E-state index contributed by atoms with van der Waals surface area (Å²) in [5.74, 6) is 0. The first kappa shape index (κ1) is 25.4. The number of halogens is 2. The van der Waals surface area contributed by atoms with Crippen molar-refractivity contribution in [3.63, 3.8) is 0 Å². The van der Waals surface area contributed by atoms with Crippen LogP contribution in [0.25, 0.3) is 21.5 Å². The van der Waals surface area contributed by atoms with Crippen molar-refractivity contribution in [2.45, 2.75) is 40.8 Å². The van der Waals surface area contributed by atoms with E-state index in [-0.39, 0.29) is 51.0 Å². The molecule has 0 saturated heterocycles. The smallest absolute Gasteiger partial charge is 1.00 e. The van der Waals surface area contributed by atoms with Crippen molar-refractivity contribution in [1.29, 1.82) is 0 Å². The van der Waals surface area contributed by atoms with Crippen molar-refractivity contribution in [3.8, 4) is 0 Å². The maximum atomic E-state index is 2.49. The molecule has 0 bridgehead atoms. The van der Waals surface area contributed by atoms with Crippen LogP contribution in [0, 0.1) is 27.7 Å². The number of benzene rings is 2. The topological polar surface area (TPSA) is 0 Å². The number of fused-ring (bicyclic) bond motifs is 2. The van der Waals surface area contributed by atoms with Crippen LogP contribution in [0.4, 0.5) is 0 Å². The zero-order valence-electron chi connectivity index (χ0n) is 17.4. The summed E-state index contributed by atoms with van der Waals surface area (Å²) < 4.78 is 0. The Morgan fingerprint density at radius 1 is 0.750 bits per heavy atom. The van der Waals surface area contributed by atoms with E-state index in [0.717, 1.165) is 0 Å². The van der Waals surface area contributed by atoms with Gasteiger partial charge in [0.25, 0.3) is 0 Å². The van der Waals surface area contributed by atoms with Gasteiger partial charge in [-0.05, 0) is 27.7 Å². The summed E-state index contributed by atoms with van der Waals surface area (Å²) in [6.07, 6.45) is 0. The third-order valence-corrected chi connectivity index (χ3v) is 9.62. The van der Waals surface area contributed by atoms with Crippen LogP contribution in [0.2, 0.25) is 13.1 Å². The summed E-state index contributed by atoms with van der Waals surface area (Å²) in [5, 5.41) is 8.73. The molecule has 0 radical (unpaired) electrons. The van der Waals surface area contributed by atoms with Crippen LogP contribution < -0.4 is 35.2 Å². The quantitative estimate of drug-likeness (QED) is 0.255. The number of hydrogen-bond acceptors (Lipinski definition) is 0. The van der Waals surface area contributed by atoms with Crippen LogP contribution in [-0.2, 0) is 26.2 Å². The molecule has 0 spiro atoms. The van der Waals surface area contributed by atoms with Crippen LogP contribution in [0.1, 0.15) is 22.3 Å². The molecule has 0 N–H and O–H groups in total. The van der Waals surface area contributed by atoms with Crippen LogP contribution >= 0.6 is 0 Å². The third-order valence-electron chi connectivity index (χ3n) is 6.10. The molecule has 0 heterocycles. The molecule has 0 atom stereocenters. The Morgan fingerprint density at radius 3 is 1.93 bits per heavy atom. The summed E-state index contributed by atoms with van der Waals surface area (Å²) in [6, 6.07) is 19.0. The van der Waals surface area contributed by atoms with Gasteiger partial charge >= 0.3 is 26.2 Å². The van der Waals surface area contributed by atoms with Gasteiger partial charge in [-0.15, -0.1) is 51.7 Å². The average molecular weight is 505 g/mol. The summed E-state index contributed by atoms with van der Waals surface area (Å²) in [4.78, 5) is 0. The molecule has 0 nitrogen and oxygen atoms in total. The van der Waals surface area contributed by atoms with Crippen molar-refractivity contribution in [2.24, 2.45) is 0 Å².